The van der Waals surface area contributed by atoms with Crippen molar-refractivity contribution in [2.75, 3.05) is 29.6 Å². The number of nitrogens with one attached hydrogen (secondary N) is 3. The normalized spacial score (nSPS) is 19.1. The molecule has 0 saturated carbocycles. The number of nitrogen functional groups attached to an aromatic ring is 1. The topological polar surface area (TPSA) is 97.1 Å². The van der Waals surface area contributed by atoms with E-state index < -0.39 is 0 Å². The number of nitrogens with two attached hydrogens (primary N) is 1. The van der Waals surface area contributed by atoms with Crippen LogP contribution in [0.1, 0.15) is 33.6 Å². The van der Waals surface area contributed by atoms with E-state index in [4.69, 9.17) is 10.5 Å². The first-order chi connectivity index (χ1) is 9.46. The summed E-state index contributed by atoms with van der Waals surface area (Å²) in [5.41, 5.74) is 12.6. The van der Waals surface area contributed by atoms with E-state index in [-0.39, 0.29) is 11.6 Å². The van der Waals surface area contributed by atoms with Crippen LogP contribution < -0.4 is 21.9 Å². The smallest absolute Gasteiger partial charge is 0.169 e. The molecular formula is C13H24N6O. The molecule has 0 spiro atoms. The molecule has 0 radical (unpaired) electrons. The van der Waals surface area contributed by atoms with Gasteiger partial charge < -0.3 is 21.2 Å². The third-order valence-electron chi connectivity index (χ3n) is 2.96. The monoisotopic (exact) mass is 280 g/mol. The molecule has 1 aromatic heterocycles. The average molecular weight is 280 g/mol. The molecule has 0 aromatic carbocycles. The first kappa shape index (κ1) is 14.8. The van der Waals surface area contributed by atoms with Gasteiger partial charge in [0.1, 0.15) is 12.0 Å². The Hall–Kier alpha value is -1.60. The minimum absolute atomic E-state index is 0.0807. The van der Waals surface area contributed by atoms with E-state index in [1.54, 1.807) is 0 Å². The summed E-state index contributed by atoms with van der Waals surface area (Å²) in [6.07, 6.45) is 3.93. The van der Waals surface area contributed by atoms with E-state index in [0.717, 1.165) is 19.4 Å². The molecular weight excluding hydrogens is 256 g/mol. The van der Waals surface area contributed by atoms with Crippen molar-refractivity contribution in [3.63, 3.8) is 0 Å². The van der Waals surface area contributed by atoms with Gasteiger partial charge in [-0.2, -0.15) is 0 Å². The van der Waals surface area contributed by atoms with Gasteiger partial charge in [0.2, 0.25) is 0 Å². The molecule has 20 heavy (non-hydrogen) atoms. The van der Waals surface area contributed by atoms with E-state index in [9.17, 15) is 0 Å². The molecule has 1 aromatic rings. The van der Waals surface area contributed by atoms with Gasteiger partial charge in [-0.25, -0.2) is 15.4 Å². The average Bonchev–Trinajstić information content (AvgIpc) is 2.88. The Morgan fingerprint density at radius 1 is 1.35 bits per heavy atom. The number of ether oxygens (including phenoxy) is 1. The van der Waals surface area contributed by atoms with Gasteiger partial charge in [-0.1, -0.05) is 0 Å². The zero-order valence-corrected chi connectivity index (χ0v) is 12.4. The summed E-state index contributed by atoms with van der Waals surface area (Å²) in [7, 11) is 0. The Morgan fingerprint density at radius 3 is 2.75 bits per heavy atom. The summed E-state index contributed by atoms with van der Waals surface area (Å²) in [4.78, 5) is 8.31. The van der Waals surface area contributed by atoms with Crippen LogP contribution in [0.5, 0.6) is 0 Å². The quantitative estimate of drug-likeness (QED) is 0.605. The van der Waals surface area contributed by atoms with E-state index in [0.29, 0.717) is 23.9 Å². The van der Waals surface area contributed by atoms with Gasteiger partial charge in [-0.15, -0.1) is 0 Å². The van der Waals surface area contributed by atoms with Gasteiger partial charge in [0.15, 0.2) is 11.6 Å². The minimum atomic E-state index is -0.0807. The molecule has 1 aliphatic heterocycles. The molecule has 0 bridgehead atoms. The van der Waals surface area contributed by atoms with Gasteiger partial charge in [-0.05, 0) is 33.6 Å². The molecule has 2 heterocycles. The lowest BCUT2D eigenvalue weighted by atomic mass is 10.1. The largest absolute Gasteiger partial charge is 0.393 e. The zero-order chi connectivity index (χ0) is 14.6. The van der Waals surface area contributed by atoms with Crippen LogP contribution in [0.4, 0.5) is 17.3 Å². The number of anilines is 3. The molecule has 1 aliphatic rings. The van der Waals surface area contributed by atoms with Gasteiger partial charge >= 0.3 is 0 Å². The van der Waals surface area contributed by atoms with Crippen LogP contribution >= 0.6 is 0 Å². The van der Waals surface area contributed by atoms with E-state index in [1.165, 1.54) is 6.33 Å². The Morgan fingerprint density at radius 2 is 2.10 bits per heavy atom. The van der Waals surface area contributed by atoms with Crippen LogP contribution in [-0.2, 0) is 4.74 Å². The highest BCUT2D eigenvalue weighted by atomic mass is 16.5. The number of hydrogen-bond donors (Lipinski definition) is 4. The van der Waals surface area contributed by atoms with E-state index in [2.05, 4.69) is 26.1 Å². The maximum Gasteiger partial charge on any atom is 0.169 e. The summed E-state index contributed by atoms with van der Waals surface area (Å²) in [6, 6.07) is 0. The Kier molecular flexibility index (Phi) is 4.61. The van der Waals surface area contributed by atoms with Gasteiger partial charge in [0, 0.05) is 18.7 Å². The second kappa shape index (κ2) is 6.23. The first-order valence-corrected chi connectivity index (χ1v) is 6.95. The maximum atomic E-state index is 6.07. The molecule has 0 amide bonds. The molecule has 5 N–H and O–H groups in total. The lowest BCUT2D eigenvalue weighted by Crippen LogP contribution is -2.40. The fraction of sp³-hybridized carbons (Fsp3) is 0.692. The Labute approximate surface area is 119 Å². The first-order valence-electron chi connectivity index (χ1n) is 6.95. The number of nitrogens with zero attached hydrogens (tertiary/aromatic N) is 2. The molecule has 1 fully saturated rings. The van der Waals surface area contributed by atoms with Crippen LogP contribution in [0.3, 0.4) is 0 Å². The second-order valence-electron chi connectivity index (χ2n) is 6.00. The zero-order valence-electron chi connectivity index (χ0n) is 12.4. The summed E-state index contributed by atoms with van der Waals surface area (Å²) >= 11 is 0. The second-order valence-corrected chi connectivity index (χ2v) is 6.00. The third-order valence-corrected chi connectivity index (χ3v) is 2.96. The van der Waals surface area contributed by atoms with Crippen molar-refractivity contribution in [2.24, 2.45) is 0 Å². The number of rotatable bonds is 5. The number of aromatic nitrogens is 2. The van der Waals surface area contributed by atoms with Crippen molar-refractivity contribution >= 4 is 17.3 Å². The van der Waals surface area contributed by atoms with E-state index >= 15 is 0 Å². The van der Waals surface area contributed by atoms with Crippen molar-refractivity contribution in [1.82, 2.24) is 15.4 Å². The molecule has 112 valence electrons. The van der Waals surface area contributed by atoms with Crippen molar-refractivity contribution in [3.05, 3.63) is 6.33 Å². The highest BCUT2D eigenvalue weighted by Crippen LogP contribution is 2.23. The Bertz CT molecular complexity index is 439. The molecule has 1 atom stereocenters. The summed E-state index contributed by atoms with van der Waals surface area (Å²) in [5.74, 6) is 1.21. The Balaban J connectivity index is 1.95. The third kappa shape index (κ3) is 4.21. The molecule has 1 saturated heterocycles. The fourth-order valence-electron chi connectivity index (χ4n) is 1.90. The fourth-order valence-corrected chi connectivity index (χ4v) is 1.90. The SMILES string of the molecule is CC(C)(C)NNc1ncnc(NCC2CCCO2)c1N. The summed E-state index contributed by atoms with van der Waals surface area (Å²) in [5, 5.41) is 3.22. The van der Waals surface area contributed by atoms with Crippen molar-refractivity contribution in [1.29, 1.82) is 0 Å². The van der Waals surface area contributed by atoms with E-state index in [1.807, 2.05) is 20.8 Å². The highest BCUT2D eigenvalue weighted by molar-refractivity contribution is 5.73. The molecule has 0 aliphatic carbocycles. The number of hydrogen-bond acceptors (Lipinski definition) is 7. The van der Waals surface area contributed by atoms with Gasteiger partial charge in [0.05, 0.1) is 6.10 Å². The predicted molar refractivity (Wildman–Crippen MR) is 80.4 cm³/mol. The van der Waals surface area contributed by atoms with Crippen LogP contribution in [0.2, 0.25) is 0 Å². The predicted octanol–water partition coefficient (Wildman–Crippen LogP) is 1.36. The van der Waals surface area contributed by atoms with Crippen LogP contribution in [0.25, 0.3) is 0 Å². The standard InChI is InChI=1S/C13H24N6O/c1-13(2,3)19-18-12-10(14)11(16-8-17-12)15-7-9-5-4-6-20-9/h8-9,19H,4-7,14H2,1-3H3,(H2,15,16,17,18). The van der Waals surface area contributed by atoms with Crippen LogP contribution in [-0.4, -0.2) is 34.8 Å². The van der Waals surface area contributed by atoms with Crippen LogP contribution in [0, 0.1) is 0 Å². The maximum absolute atomic E-state index is 6.07. The molecule has 7 nitrogen and oxygen atoms in total. The summed E-state index contributed by atoms with van der Waals surface area (Å²) in [6.45, 7) is 7.71. The number of hydrazine groups is 1. The highest BCUT2D eigenvalue weighted by Gasteiger charge is 2.17. The molecule has 1 unspecified atom stereocenters. The minimum Gasteiger partial charge on any atom is -0.393 e. The van der Waals surface area contributed by atoms with Gasteiger partial charge in [-0.3, -0.25) is 0 Å². The summed E-state index contributed by atoms with van der Waals surface area (Å²) < 4.78 is 5.56. The van der Waals surface area contributed by atoms with Crippen LogP contribution in [0.15, 0.2) is 6.33 Å². The van der Waals surface area contributed by atoms with Gasteiger partial charge in [0.25, 0.3) is 0 Å². The van der Waals surface area contributed by atoms with Crippen molar-refractivity contribution in [2.45, 2.75) is 45.3 Å². The molecule has 2 rings (SSSR count). The lowest BCUT2D eigenvalue weighted by molar-refractivity contribution is 0.120. The molecule has 7 heteroatoms. The van der Waals surface area contributed by atoms with Crippen molar-refractivity contribution in [3.8, 4) is 0 Å². The van der Waals surface area contributed by atoms with Crippen molar-refractivity contribution < 1.29 is 4.74 Å². The lowest BCUT2D eigenvalue weighted by Gasteiger charge is -2.22.